The summed E-state index contributed by atoms with van der Waals surface area (Å²) in [5, 5.41) is 3.21. The van der Waals surface area contributed by atoms with E-state index in [4.69, 9.17) is 25.5 Å². The average Bonchev–Trinajstić information content (AvgIpc) is 2.76. The van der Waals surface area contributed by atoms with Gasteiger partial charge in [-0.2, -0.15) is 0 Å². The Labute approximate surface area is 183 Å². The highest BCUT2D eigenvalue weighted by Crippen LogP contribution is 2.31. The maximum atomic E-state index is 12.1. The van der Waals surface area contributed by atoms with Crippen molar-refractivity contribution < 1.29 is 23.5 Å². The predicted molar refractivity (Wildman–Crippen MR) is 116 cm³/mol. The van der Waals surface area contributed by atoms with Crippen molar-refractivity contribution >= 4 is 34.6 Å². The van der Waals surface area contributed by atoms with Crippen LogP contribution in [0.25, 0.3) is 11.0 Å². The van der Waals surface area contributed by atoms with Crippen LogP contribution in [0, 0.1) is 0 Å². The zero-order valence-electron chi connectivity index (χ0n) is 17.0. The molecule has 0 aliphatic rings. The summed E-state index contributed by atoms with van der Waals surface area (Å²) in [4.78, 5) is 35.7. The van der Waals surface area contributed by atoms with Crippen LogP contribution < -0.4 is 15.7 Å². The van der Waals surface area contributed by atoms with Crippen LogP contribution in [0.2, 0.25) is 5.02 Å². The summed E-state index contributed by atoms with van der Waals surface area (Å²) in [5.74, 6) is -0.711. The average molecular weight is 444 g/mol. The fraction of sp³-hybridized carbons (Fsp3) is 0.261. The van der Waals surface area contributed by atoms with Gasteiger partial charge in [0.25, 0.3) is 0 Å². The van der Waals surface area contributed by atoms with Crippen LogP contribution in [0.4, 0.5) is 4.79 Å². The number of fused-ring (bicyclic) bond motifs is 1. The van der Waals surface area contributed by atoms with Gasteiger partial charge in [0.05, 0.1) is 5.02 Å². The Bertz CT molecular complexity index is 1130. The highest BCUT2D eigenvalue weighted by molar-refractivity contribution is 6.33. The summed E-state index contributed by atoms with van der Waals surface area (Å²) in [6, 6.07) is 13.6. The van der Waals surface area contributed by atoms with Gasteiger partial charge in [-0.05, 0) is 30.0 Å². The second-order valence-corrected chi connectivity index (χ2v) is 7.27. The molecule has 0 radical (unpaired) electrons. The first-order chi connectivity index (χ1) is 15.0. The van der Waals surface area contributed by atoms with Gasteiger partial charge < -0.3 is 19.2 Å². The Balaban J connectivity index is 1.61. The summed E-state index contributed by atoms with van der Waals surface area (Å²) in [6.07, 6.45) is 1.85. The molecule has 162 valence electrons. The molecule has 3 rings (SSSR count). The second kappa shape index (κ2) is 10.6. The number of unbranched alkanes of at least 4 members (excludes halogenated alkanes) is 1. The molecule has 0 aliphatic heterocycles. The lowest BCUT2D eigenvalue weighted by molar-refractivity contribution is -0.133. The molecule has 7 nitrogen and oxygen atoms in total. The molecule has 0 saturated carbocycles. The number of halogens is 1. The smallest absolute Gasteiger partial charge is 0.407 e. The number of rotatable bonds is 8. The third-order valence-electron chi connectivity index (χ3n) is 4.50. The summed E-state index contributed by atoms with van der Waals surface area (Å²) in [7, 11) is 0. The molecule has 1 amide bonds. The number of aryl methyl sites for hydroxylation is 1. The Morgan fingerprint density at radius 3 is 2.65 bits per heavy atom. The second-order valence-electron chi connectivity index (χ2n) is 6.86. The Kier molecular flexibility index (Phi) is 7.67. The van der Waals surface area contributed by atoms with E-state index in [1.165, 1.54) is 12.1 Å². The van der Waals surface area contributed by atoms with Gasteiger partial charge >= 0.3 is 17.7 Å². The van der Waals surface area contributed by atoms with E-state index in [0.29, 0.717) is 11.8 Å². The maximum absolute atomic E-state index is 12.1. The molecule has 1 heterocycles. The van der Waals surface area contributed by atoms with Crippen molar-refractivity contribution in [2.75, 3.05) is 6.54 Å². The monoisotopic (exact) mass is 443 g/mol. The first-order valence-electron chi connectivity index (χ1n) is 9.87. The summed E-state index contributed by atoms with van der Waals surface area (Å²) in [5.41, 5.74) is 1.45. The van der Waals surface area contributed by atoms with Crippen molar-refractivity contribution in [1.29, 1.82) is 0 Å². The minimum Gasteiger partial charge on any atom is -0.445 e. The van der Waals surface area contributed by atoms with Gasteiger partial charge in [0, 0.05) is 17.5 Å². The topological polar surface area (TPSA) is 94.8 Å². The number of hydrogen-bond acceptors (Lipinski definition) is 6. The highest BCUT2D eigenvalue weighted by Gasteiger charge is 2.15. The molecule has 0 aliphatic carbocycles. The lowest BCUT2D eigenvalue weighted by atomic mass is 10.0. The van der Waals surface area contributed by atoms with Crippen LogP contribution in [0.15, 0.2) is 57.7 Å². The van der Waals surface area contributed by atoms with Crippen molar-refractivity contribution in [3.05, 3.63) is 75.1 Å². The summed E-state index contributed by atoms with van der Waals surface area (Å²) >= 11 is 6.26. The number of nitrogens with one attached hydrogen (secondary N) is 1. The number of amides is 1. The maximum Gasteiger partial charge on any atom is 0.407 e. The summed E-state index contributed by atoms with van der Waals surface area (Å²) in [6.45, 7) is 1.73. The van der Waals surface area contributed by atoms with Gasteiger partial charge in [-0.25, -0.2) is 14.4 Å². The SMILES string of the molecule is CCCCc1cc(=O)oc2cc(OC(=O)CNC(=O)OCc3ccccc3)c(Cl)cc12. The number of alkyl carbamates (subject to hydrolysis) is 1. The molecular formula is C23H22ClNO6. The summed E-state index contributed by atoms with van der Waals surface area (Å²) < 4.78 is 15.5. The van der Waals surface area contributed by atoms with Crippen LogP contribution in [-0.2, 0) is 22.6 Å². The molecule has 8 heteroatoms. The molecule has 31 heavy (non-hydrogen) atoms. The Hall–Kier alpha value is -3.32. The molecule has 0 fully saturated rings. The van der Waals surface area contributed by atoms with Crippen molar-refractivity contribution in [3.63, 3.8) is 0 Å². The molecule has 0 bridgehead atoms. The van der Waals surface area contributed by atoms with E-state index in [1.54, 1.807) is 6.07 Å². The number of hydrogen-bond donors (Lipinski definition) is 1. The van der Waals surface area contributed by atoms with E-state index < -0.39 is 24.2 Å². The van der Waals surface area contributed by atoms with Crippen molar-refractivity contribution in [2.24, 2.45) is 0 Å². The first-order valence-corrected chi connectivity index (χ1v) is 10.3. The molecular weight excluding hydrogens is 422 g/mol. The van der Waals surface area contributed by atoms with Crippen molar-refractivity contribution in [3.8, 4) is 5.75 Å². The van der Waals surface area contributed by atoms with E-state index >= 15 is 0 Å². The quantitative estimate of drug-likeness (QED) is 0.310. The molecule has 3 aromatic rings. The zero-order chi connectivity index (χ0) is 22.2. The van der Waals surface area contributed by atoms with Crippen LogP contribution in [-0.4, -0.2) is 18.6 Å². The van der Waals surface area contributed by atoms with Gasteiger partial charge in [-0.3, -0.25) is 0 Å². The predicted octanol–water partition coefficient (Wildman–Crippen LogP) is 4.62. The number of carbonyl (C=O) groups excluding carboxylic acids is 2. The van der Waals surface area contributed by atoms with E-state index in [0.717, 1.165) is 24.0 Å². The largest absolute Gasteiger partial charge is 0.445 e. The third kappa shape index (κ3) is 6.33. The van der Waals surface area contributed by atoms with Crippen LogP contribution in [0.5, 0.6) is 5.75 Å². The first kappa shape index (κ1) is 22.4. The number of ether oxygens (including phenoxy) is 2. The van der Waals surface area contributed by atoms with Crippen LogP contribution >= 0.6 is 11.6 Å². The fourth-order valence-corrected chi connectivity index (χ4v) is 3.16. The Morgan fingerprint density at radius 1 is 1.13 bits per heavy atom. The van der Waals surface area contributed by atoms with E-state index in [2.05, 4.69) is 12.2 Å². The standard InChI is InChI=1S/C23H22ClNO6/c1-2-3-9-16-10-21(26)30-19-12-20(18(24)11-17(16)19)31-22(27)13-25-23(28)29-14-15-7-5-4-6-8-15/h4-8,10-12H,2-3,9,13-14H2,1H3,(H,25,28). The highest BCUT2D eigenvalue weighted by atomic mass is 35.5. The van der Waals surface area contributed by atoms with Crippen LogP contribution in [0.3, 0.4) is 0 Å². The number of esters is 1. The minimum atomic E-state index is -0.753. The minimum absolute atomic E-state index is 0.0365. The molecule has 0 atom stereocenters. The lowest BCUT2D eigenvalue weighted by Gasteiger charge is -2.10. The number of benzene rings is 2. The molecule has 2 aromatic carbocycles. The molecule has 1 aromatic heterocycles. The van der Waals surface area contributed by atoms with Crippen LogP contribution in [0.1, 0.15) is 30.9 Å². The third-order valence-corrected chi connectivity index (χ3v) is 4.79. The van der Waals surface area contributed by atoms with E-state index in [1.807, 2.05) is 30.3 Å². The fourth-order valence-electron chi connectivity index (χ4n) is 2.96. The Morgan fingerprint density at radius 2 is 1.90 bits per heavy atom. The van der Waals surface area contributed by atoms with Gasteiger partial charge in [0.15, 0.2) is 5.75 Å². The zero-order valence-corrected chi connectivity index (χ0v) is 17.7. The molecule has 0 unspecified atom stereocenters. The van der Waals surface area contributed by atoms with E-state index in [-0.39, 0.29) is 23.0 Å². The van der Waals surface area contributed by atoms with Crippen molar-refractivity contribution in [2.45, 2.75) is 32.8 Å². The van der Waals surface area contributed by atoms with Gasteiger partial charge in [-0.15, -0.1) is 0 Å². The molecule has 0 saturated heterocycles. The number of carbonyl (C=O) groups is 2. The molecule has 1 N–H and O–H groups in total. The van der Waals surface area contributed by atoms with Gasteiger partial charge in [0.1, 0.15) is 18.7 Å². The lowest BCUT2D eigenvalue weighted by Crippen LogP contribution is -2.32. The normalized spacial score (nSPS) is 10.6. The van der Waals surface area contributed by atoms with Gasteiger partial charge in [0.2, 0.25) is 0 Å². The van der Waals surface area contributed by atoms with E-state index in [9.17, 15) is 14.4 Å². The molecule has 0 spiro atoms. The van der Waals surface area contributed by atoms with Crippen molar-refractivity contribution in [1.82, 2.24) is 5.32 Å². The van der Waals surface area contributed by atoms with Gasteiger partial charge in [-0.1, -0.05) is 55.3 Å².